The molecule has 1 aromatic carbocycles. The molecular formula is C16H19NO4. The van der Waals surface area contributed by atoms with E-state index in [4.69, 9.17) is 5.11 Å². The van der Waals surface area contributed by atoms with Crippen LogP contribution in [0.4, 0.5) is 0 Å². The van der Waals surface area contributed by atoms with Gasteiger partial charge in [0.1, 0.15) is 0 Å². The molecule has 21 heavy (non-hydrogen) atoms. The molecule has 1 aromatic rings. The van der Waals surface area contributed by atoms with E-state index in [9.17, 15) is 14.4 Å². The van der Waals surface area contributed by atoms with Crippen LogP contribution in [-0.2, 0) is 9.59 Å². The molecule has 1 rings (SSSR count). The number of carbonyl (C=O) groups excluding carboxylic acids is 2. The maximum atomic E-state index is 12.4. The molecule has 112 valence electrons. The first-order valence-electron chi connectivity index (χ1n) is 6.53. The number of hydrogen-bond donors (Lipinski definition) is 1. The van der Waals surface area contributed by atoms with Gasteiger partial charge >= 0.3 is 5.97 Å². The number of carboxylic acid groups (broad SMARTS) is 1. The average molecular weight is 289 g/mol. The van der Waals surface area contributed by atoms with Crippen LogP contribution in [-0.4, -0.2) is 40.8 Å². The van der Waals surface area contributed by atoms with E-state index in [2.05, 4.69) is 0 Å². The van der Waals surface area contributed by atoms with E-state index in [1.165, 1.54) is 11.9 Å². The summed E-state index contributed by atoms with van der Waals surface area (Å²) in [4.78, 5) is 35.7. The number of Topliss-reactive ketones (excluding diaryl/α,β-unsaturated/α-hetero) is 1. The summed E-state index contributed by atoms with van der Waals surface area (Å²) >= 11 is 0. The Hall–Kier alpha value is -2.43. The van der Waals surface area contributed by atoms with E-state index in [1.807, 2.05) is 19.9 Å². The van der Waals surface area contributed by atoms with Crippen molar-refractivity contribution >= 4 is 17.7 Å². The fourth-order valence-corrected chi connectivity index (χ4v) is 1.76. The van der Waals surface area contributed by atoms with Crippen LogP contribution in [0.3, 0.4) is 0 Å². The number of carbonyl (C=O) groups is 3. The molecule has 0 aliphatic heterocycles. The third kappa shape index (κ3) is 4.27. The molecule has 0 aromatic heterocycles. The largest absolute Gasteiger partial charge is 0.478 e. The topological polar surface area (TPSA) is 74.7 Å². The maximum Gasteiger partial charge on any atom is 0.328 e. The molecule has 0 saturated heterocycles. The fraction of sp³-hybridized carbons (Fsp3) is 0.312. The van der Waals surface area contributed by atoms with Crippen LogP contribution in [0.25, 0.3) is 0 Å². The highest BCUT2D eigenvalue weighted by Gasteiger charge is 2.22. The molecule has 1 N–H and O–H groups in total. The van der Waals surface area contributed by atoms with Gasteiger partial charge in [-0.3, -0.25) is 9.59 Å². The molecule has 0 aliphatic rings. The van der Waals surface area contributed by atoms with Crippen LogP contribution in [0.15, 0.2) is 30.4 Å². The number of aryl methyl sites for hydroxylation is 2. The van der Waals surface area contributed by atoms with Crippen molar-refractivity contribution in [3.8, 4) is 0 Å². The molecule has 5 heteroatoms. The van der Waals surface area contributed by atoms with Gasteiger partial charge in [0, 0.05) is 24.8 Å². The summed E-state index contributed by atoms with van der Waals surface area (Å²) in [5.74, 6) is -1.91. The Bertz CT molecular complexity index is 604. The molecular weight excluding hydrogens is 270 g/mol. The lowest BCUT2D eigenvalue weighted by molar-refractivity contribution is -0.132. The van der Waals surface area contributed by atoms with Crippen LogP contribution < -0.4 is 0 Å². The van der Waals surface area contributed by atoms with E-state index in [-0.39, 0.29) is 5.78 Å². The van der Waals surface area contributed by atoms with Gasteiger partial charge in [0.2, 0.25) is 5.91 Å². The van der Waals surface area contributed by atoms with E-state index in [1.54, 1.807) is 19.1 Å². The van der Waals surface area contributed by atoms with Crippen molar-refractivity contribution in [2.75, 3.05) is 7.05 Å². The molecule has 1 unspecified atom stereocenters. The second kappa shape index (κ2) is 6.83. The first kappa shape index (κ1) is 16.6. The normalized spacial score (nSPS) is 12.2. The van der Waals surface area contributed by atoms with Crippen LogP contribution in [0.5, 0.6) is 0 Å². The SMILES string of the molecule is Cc1ccc(C(=O)C(C)N(C)C(=O)/C=C/C(=O)O)cc1C. The molecule has 0 spiro atoms. The Morgan fingerprint density at radius 1 is 1.14 bits per heavy atom. The highest BCUT2D eigenvalue weighted by atomic mass is 16.4. The van der Waals surface area contributed by atoms with Gasteiger partial charge in [-0.25, -0.2) is 4.79 Å². The first-order chi connectivity index (χ1) is 9.73. The van der Waals surface area contributed by atoms with E-state index < -0.39 is 17.9 Å². The van der Waals surface area contributed by atoms with Crippen molar-refractivity contribution in [1.29, 1.82) is 0 Å². The number of nitrogens with zero attached hydrogens (tertiary/aromatic N) is 1. The Balaban J connectivity index is 2.88. The Morgan fingerprint density at radius 3 is 2.29 bits per heavy atom. The van der Waals surface area contributed by atoms with Crippen molar-refractivity contribution in [3.63, 3.8) is 0 Å². The molecule has 1 amide bonds. The number of rotatable bonds is 5. The minimum Gasteiger partial charge on any atom is -0.478 e. The minimum absolute atomic E-state index is 0.183. The first-order valence-corrected chi connectivity index (χ1v) is 6.53. The number of carboxylic acids is 1. The van der Waals surface area contributed by atoms with Crippen LogP contribution in [0, 0.1) is 13.8 Å². The summed E-state index contributed by atoms with van der Waals surface area (Å²) in [5, 5.41) is 8.50. The Labute approximate surface area is 123 Å². The number of aliphatic carboxylic acids is 1. The van der Waals surface area contributed by atoms with Gasteiger partial charge in [-0.2, -0.15) is 0 Å². The summed E-state index contributed by atoms with van der Waals surface area (Å²) in [7, 11) is 1.47. The lowest BCUT2D eigenvalue weighted by Crippen LogP contribution is -2.39. The van der Waals surface area contributed by atoms with Crippen molar-refractivity contribution < 1.29 is 19.5 Å². The predicted octanol–water partition coefficient (Wildman–Crippen LogP) is 1.97. The van der Waals surface area contributed by atoms with Gasteiger partial charge in [-0.05, 0) is 38.0 Å². The molecule has 5 nitrogen and oxygen atoms in total. The highest BCUT2D eigenvalue weighted by molar-refractivity contribution is 6.03. The molecule has 0 bridgehead atoms. The highest BCUT2D eigenvalue weighted by Crippen LogP contribution is 2.13. The van der Waals surface area contributed by atoms with Gasteiger partial charge in [-0.1, -0.05) is 12.1 Å². The third-order valence-electron chi connectivity index (χ3n) is 3.47. The molecule has 0 aliphatic carbocycles. The second-order valence-electron chi connectivity index (χ2n) is 4.96. The third-order valence-corrected chi connectivity index (χ3v) is 3.47. The number of likely N-dealkylation sites (N-methyl/N-ethyl adjacent to an activating group) is 1. The van der Waals surface area contributed by atoms with Crippen molar-refractivity contribution in [2.24, 2.45) is 0 Å². The zero-order valence-corrected chi connectivity index (χ0v) is 12.6. The van der Waals surface area contributed by atoms with Crippen molar-refractivity contribution in [3.05, 3.63) is 47.0 Å². The molecule has 0 saturated carbocycles. The average Bonchev–Trinajstić information content (AvgIpc) is 2.45. The Kier molecular flexibility index (Phi) is 5.41. The fourth-order valence-electron chi connectivity index (χ4n) is 1.76. The van der Waals surface area contributed by atoms with Crippen LogP contribution in [0.1, 0.15) is 28.4 Å². The van der Waals surface area contributed by atoms with Crippen LogP contribution in [0.2, 0.25) is 0 Å². The lowest BCUT2D eigenvalue weighted by atomic mass is 10.00. The van der Waals surface area contributed by atoms with Crippen molar-refractivity contribution in [2.45, 2.75) is 26.8 Å². The van der Waals surface area contributed by atoms with Gasteiger partial charge in [0.15, 0.2) is 5.78 Å². The zero-order valence-electron chi connectivity index (χ0n) is 12.6. The van der Waals surface area contributed by atoms with E-state index >= 15 is 0 Å². The van der Waals surface area contributed by atoms with Gasteiger partial charge < -0.3 is 10.0 Å². The molecule has 0 fully saturated rings. The summed E-state index contributed by atoms with van der Waals surface area (Å²) in [6.45, 7) is 5.49. The number of hydrogen-bond acceptors (Lipinski definition) is 3. The lowest BCUT2D eigenvalue weighted by Gasteiger charge is -2.22. The van der Waals surface area contributed by atoms with E-state index in [0.29, 0.717) is 5.56 Å². The van der Waals surface area contributed by atoms with Crippen molar-refractivity contribution in [1.82, 2.24) is 4.90 Å². The zero-order chi connectivity index (χ0) is 16.2. The number of ketones is 1. The monoisotopic (exact) mass is 289 g/mol. The summed E-state index contributed by atoms with van der Waals surface area (Å²) in [5.41, 5.74) is 2.63. The van der Waals surface area contributed by atoms with Gasteiger partial charge in [-0.15, -0.1) is 0 Å². The molecule has 0 heterocycles. The summed E-state index contributed by atoms with van der Waals surface area (Å²) < 4.78 is 0. The van der Waals surface area contributed by atoms with Crippen LogP contribution >= 0.6 is 0 Å². The van der Waals surface area contributed by atoms with Gasteiger partial charge in [0.05, 0.1) is 6.04 Å². The summed E-state index contributed by atoms with van der Waals surface area (Å²) in [6.07, 6.45) is 1.69. The number of amides is 1. The van der Waals surface area contributed by atoms with E-state index in [0.717, 1.165) is 23.3 Å². The predicted molar refractivity (Wildman–Crippen MR) is 79.3 cm³/mol. The maximum absolute atomic E-state index is 12.4. The smallest absolute Gasteiger partial charge is 0.328 e. The van der Waals surface area contributed by atoms with Gasteiger partial charge in [0.25, 0.3) is 0 Å². The quantitative estimate of drug-likeness (QED) is 0.664. The molecule has 0 radical (unpaired) electrons. The minimum atomic E-state index is -1.20. The molecule has 1 atom stereocenters. The summed E-state index contributed by atoms with van der Waals surface area (Å²) in [6, 6.07) is 4.71. The Morgan fingerprint density at radius 2 is 1.76 bits per heavy atom. The standard InChI is InChI=1S/C16H19NO4/c1-10-5-6-13(9-11(10)2)16(21)12(3)17(4)14(18)7-8-15(19)20/h5-9,12H,1-4H3,(H,19,20)/b8-7+. The number of benzene rings is 1. The second-order valence-corrected chi connectivity index (χ2v) is 4.96.